The van der Waals surface area contributed by atoms with Crippen molar-refractivity contribution in [3.63, 3.8) is 0 Å². The molecule has 0 radical (unpaired) electrons. The normalized spacial score (nSPS) is 13.1. The van der Waals surface area contributed by atoms with Gasteiger partial charge in [0.2, 0.25) is 0 Å². The van der Waals surface area contributed by atoms with E-state index >= 15 is 0 Å². The summed E-state index contributed by atoms with van der Waals surface area (Å²) >= 11 is 0. The summed E-state index contributed by atoms with van der Waals surface area (Å²) in [4.78, 5) is 0. The fourth-order valence-electron chi connectivity index (χ4n) is 1.80. The standard InChI is InChI=1S/C13H20F2N2O/c1-9(2)7-8-11(17-16)10-5-3-4-6-12(10)18-13(14)15/h3-6,9,11,13,17H,7-8,16H2,1-2H3. The monoisotopic (exact) mass is 258 g/mol. The van der Waals surface area contributed by atoms with Crippen LogP contribution in [0.3, 0.4) is 0 Å². The molecule has 1 rings (SSSR count). The highest BCUT2D eigenvalue weighted by molar-refractivity contribution is 5.35. The largest absolute Gasteiger partial charge is 0.434 e. The van der Waals surface area contributed by atoms with E-state index in [0.717, 1.165) is 12.8 Å². The van der Waals surface area contributed by atoms with Gasteiger partial charge in [-0.3, -0.25) is 11.3 Å². The maximum absolute atomic E-state index is 12.3. The molecule has 102 valence electrons. The Morgan fingerprint density at radius 2 is 1.89 bits per heavy atom. The predicted octanol–water partition coefficient (Wildman–Crippen LogP) is 3.23. The van der Waals surface area contributed by atoms with E-state index in [1.54, 1.807) is 18.2 Å². The second-order valence-electron chi connectivity index (χ2n) is 4.61. The van der Waals surface area contributed by atoms with Crippen molar-refractivity contribution < 1.29 is 13.5 Å². The molecule has 0 bridgehead atoms. The Balaban J connectivity index is 2.83. The summed E-state index contributed by atoms with van der Waals surface area (Å²) < 4.78 is 29.1. The lowest BCUT2D eigenvalue weighted by molar-refractivity contribution is -0.0507. The lowest BCUT2D eigenvalue weighted by Crippen LogP contribution is -2.28. The molecule has 1 aromatic rings. The summed E-state index contributed by atoms with van der Waals surface area (Å²) in [6.07, 6.45) is 1.73. The Bertz CT molecular complexity index is 359. The quantitative estimate of drug-likeness (QED) is 0.583. The van der Waals surface area contributed by atoms with Crippen LogP contribution in [0.2, 0.25) is 0 Å². The van der Waals surface area contributed by atoms with Gasteiger partial charge >= 0.3 is 6.61 Å². The van der Waals surface area contributed by atoms with E-state index in [9.17, 15) is 8.78 Å². The van der Waals surface area contributed by atoms with Crippen molar-refractivity contribution in [3.05, 3.63) is 29.8 Å². The molecule has 0 aromatic heterocycles. The lowest BCUT2D eigenvalue weighted by Gasteiger charge is -2.20. The molecule has 0 aliphatic heterocycles. The summed E-state index contributed by atoms with van der Waals surface area (Å²) in [7, 11) is 0. The number of benzene rings is 1. The number of nitrogens with two attached hydrogens (primary N) is 1. The summed E-state index contributed by atoms with van der Waals surface area (Å²) in [6.45, 7) is 1.39. The highest BCUT2D eigenvalue weighted by atomic mass is 19.3. The first kappa shape index (κ1) is 14.9. The van der Waals surface area contributed by atoms with Gasteiger partial charge in [-0.05, 0) is 24.8 Å². The van der Waals surface area contributed by atoms with E-state index in [4.69, 9.17) is 5.84 Å². The molecular weight excluding hydrogens is 238 g/mol. The maximum Gasteiger partial charge on any atom is 0.387 e. The molecule has 18 heavy (non-hydrogen) atoms. The molecule has 1 unspecified atom stereocenters. The first-order valence-corrected chi connectivity index (χ1v) is 6.04. The van der Waals surface area contributed by atoms with Crippen molar-refractivity contribution in [3.8, 4) is 5.75 Å². The Morgan fingerprint density at radius 1 is 1.22 bits per heavy atom. The van der Waals surface area contributed by atoms with Crippen LogP contribution >= 0.6 is 0 Å². The van der Waals surface area contributed by atoms with Gasteiger partial charge in [0.1, 0.15) is 5.75 Å². The fraction of sp³-hybridized carbons (Fsp3) is 0.538. The fourth-order valence-corrected chi connectivity index (χ4v) is 1.80. The highest BCUT2D eigenvalue weighted by Gasteiger charge is 2.17. The molecule has 0 spiro atoms. The van der Waals surface area contributed by atoms with Crippen molar-refractivity contribution in [2.75, 3.05) is 0 Å². The number of hydrogen-bond donors (Lipinski definition) is 2. The minimum absolute atomic E-state index is 0.178. The number of hydrazine groups is 1. The number of rotatable bonds is 7. The lowest BCUT2D eigenvalue weighted by atomic mass is 9.97. The summed E-state index contributed by atoms with van der Waals surface area (Å²) in [5, 5.41) is 0. The average molecular weight is 258 g/mol. The van der Waals surface area contributed by atoms with Gasteiger partial charge < -0.3 is 4.74 Å². The smallest absolute Gasteiger partial charge is 0.387 e. The van der Waals surface area contributed by atoms with Crippen LogP contribution in [0.15, 0.2) is 24.3 Å². The van der Waals surface area contributed by atoms with Gasteiger partial charge in [0.15, 0.2) is 0 Å². The number of alkyl halides is 2. The molecule has 0 aliphatic rings. The van der Waals surface area contributed by atoms with E-state index in [1.165, 1.54) is 6.07 Å². The van der Waals surface area contributed by atoms with Gasteiger partial charge in [0.25, 0.3) is 0 Å². The van der Waals surface area contributed by atoms with E-state index in [1.807, 2.05) is 0 Å². The molecule has 1 aromatic carbocycles. The van der Waals surface area contributed by atoms with E-state index < -0.39 is 6.61 Å². The van der Waals surface area contributed by atoms with Gasteiger partial charge in [-0.1, -0.05) is 32.0 Å². The van der Waals surface area contributed by atoms with Gasteiger partial charge in [0, 0.05) is 11.6 Å². The Morgan fingerprint density at radius 3 is 2.44 bits per heavy atom. The third-order valence-corrected chi connectivity index (χ3v) is 2.74. The molecule has 3 nitrogen and oxygen atoms in total. The van der Waals surface area contributed by atoms with Gasteiger partial charge in [-0.15, -0.1) is 0 Å². The van der Waals surface area contributed by atoms with Gasteiger partial charge in [0.05, 0.1) is 0 Å². The molecule has 0 aliphatic carbocycles. The minimum atomic E-state index is -2.82. The number of hydrogen-bond acceptors (Lipinski definition) is 3. The van der Waals surface area contributed by atoms with E-state index in [0.29, 0.717) is 11.5 Å². The van der Waals surface area contributed by atoms with Crippen molar-refractivity contribution >= 4 is 0 Å². The molecule has 5 heteroatoms. The van der Waals surface area contributed by atoms with Crippen LogP contribution in [0, 0.1) is 5.92 Å². The van der Waals surface area contributed by atoms with Crippen LogP contribution in [0.1, 0.15) is 38.3 Å². The SMILES string of the molecule is CC(C)CCC(NN)c1ccccc1OC(F)F. The molecule has 0 fully saturated rings. The molecule has 1 atom stereocenters. The number of ether oxygens (including phenoxy) is 1. The van der Waals surface area contributed by atoms with Crippen LogP contribution in [0.25, 0.3) is 0 Å². The number of nitrogens with one attached hydrogen (secondary N) is 1. The van der Waals surface area contributed by atoms with Gasteiger partial charge in [-0.25, -0.2) is 0 Å². The molecular formula is C13H20F2N2O. The van der Waals surface area contributed by atoms with E-state index in [2.05, 4.69) is 24.0 Å². The van der Waals surface area contributed by atoms with Crippen molar-refractivity contribution in [1.29, 1.82) is 0 Å². The topological polar surface area (TPSA) is 47.3 Å². The second kappa shape index (κ2) is 7.28. The van der Waals surface area contributed by atoms with Gasteiger partial charge in [-0.2, -0.15) is 8.78 Å². The van der Waals surface area contributed by atoms with Crippen LogP contribution in [0.5, 0.6) is 5.75 Å². The summed E-state index contributed by atoms with van der Waals surface area (Å²) in [6, 6.07) is 6.55. The Hall–Kier alpha value is -1.20. The third kappa shape index (κ3) is 4.58. The average Bonchev–Trinajstić information content (AvgIpc) is 2.30. The van der Waals surface area contributed by atoms with Crippen LogP contribution in [-0.4, -0.2) is 6.61 Å². The molecule has 3 N–H and O–H groups in total. The zero-order valence-electron chi connectivity index (χ0n) is 10.7. The molecule has 0 saturated carbocycles. The Labute approximate surface area is 106 Å². The number of para-hydroxylation sites is 1. The second-order valence-corrected chi connectivity index (χ2v) is 4.61. The van der Waals surface area contributed by atoms with Crippen LogP contribution in [-0.2, 0) is 0 Å². The first-order valence-electron chi connectivity index (χ1n) is 6.04. The number of halogens is 2. The van der Waals surface area contributed by atoms with Crippen molar-refractivity contribution in [2.24, 2.45) is 11.8 Å². The summed E-state index contributed by atoms with van der Waals surface area (Å²) in [5.74, 6) is 6.21. The summed E-state index contributed by atoms with van der Waals surface area (Å²) in [5.41, 5.74) is 3.33. The maximum atomic E-state index is 12.3. The van der Waals surface area contributed by atoms with Crippen LogP contribution < -0.4 is 16.0 Å². The zero-order chi connectivity index (χ0) is 13.5. The third-order valence-electron chi connectivity index (χ3n) is 2.74. The van der Waals surface area contributed by atoms with Crippen LogP contribution in [0.4, 0.5) is 8.78 Å². The molecule has 0 amide bonds. The van der Waals surface area contributed by atoms with Crippen molar-refractivity contribution in [2.45, 2.75) is 39.3 Å². The zero-order valence-corrected chi connectivity index (χ0v) is 10.7. The van der Waals surface area contributed by atoms with Crippen molar-refractivity contribution in [1.82, 2.24) is 5.43 Å². The highest BCUT2D eigenvalue weighted by Crippen LogP contribution is 2.29. The predicted molar refractivity (Wildman–Crippen MR) is 67.2 cm³/mol. The first-order chi connectivity index (χ1) is 8.54. The molecule has 0 saturated heterocycles. The van der Waals surface area contributed by atoms with E-state index in [-0.39, 0.29) is 11.8 Å². The molecule has 0 heterocycles. The minimum Gasteiger partial charge on any atom is -0.434 e. The Kier molecular flexibility index (Phi) is 6.01.